The first kappa shape index (κ1) is 17.9. The number of carbonyl (C=O) groups excluding carboxylic acids is 1. The number of nitrogens with two attached hydrogens (primary N) is 1. The van der Waals surface area contributed by atoms with Gasteiger partial charge in [0, 0.05) is 6.04 Å². The van der Waals surface area contributed by atoms with Crippen molar-refractivity contribution in [1.82, 2.24) is 5.32 Å². The zero-order chi connectivity index (χ0) is 15.3. The third-order valence-electron chi connectivity index (χ3n) is 2.90. The molecule has 5 heteroatoms. The second-order valence-corrected chi connectivity index (χ2v) is 6.70. The van der Waals surface area contributed by atoms with Crippen LogP contribution in [-0.2, 0) is 9.59 Å². The lowest BCUT2D eigenvalue weighted by Gasteiger charge is -2.30. The summed E-state index contributed by atoms with van der Waals surface area (Å²) < 4.78 is 0. The molecule has 19 heavy (non-hydrogen) atoms. The molecule has 0 heterocycles. The van der Waals surface area contributed by atoms with Gasteiger partial charge >= 0.3 is 5.97 Å². The fraction of sp³-hybridized carbons (Fsp3) is 0.857. The fourth-order valence-corrected chi connectivity index (χ4v) is 2.11. The molecule has 0 radical (unpaired) electrons. The number of carboxylic acid groups (broad SMARTS) is 1. The van der Waals surface area contributed by atoms with Crippen LogP contribution in [0.5, 0.6) is 0 Å². The Balaban J connectivity index is 4.72. The van der Waals surface area contributed by atoms with Crippen molar-refractivity contribution in [3.63, 3.8) is 0 Å². The van der Waals surface area contributed by atoms with E-state index < -0.39 is 11.5 Å². The predicted octanol–water partition coefficient (Wildman–Crippen LogP) is 1.90. The molecule has 5 nitrogen and oxygen atoms in total. The molecule has 0 fully saturated rings. The van der Waals surface area contributed by atoms with Gasteiger partial charge in [0.25, 0.3) is 0 Å². The van der Waals surface area contributed by atoms with Crippen molar-refractivity contribution in [2.75, 3.05) is 0 Å². The van der Waals surface area contributed by atoms with Crippen molar-refractivity contribution >= 4 is 11.9 Å². The van der Waals surface area contributed by atoms with E-state index in [2.05, 4.69) is 5.32 Å². The summed E-state index contributed by atoms with van der Waals surface area (Å²) in [5.41, 5.74) is 4.96. The molecule has 2 unspecified atom stereocenters. The fourth-order valence-electron chi connectivity index (χ4n) is 2.11. The Morgan fingerprint density at radius 3 is 2.16 bits per heavy atom. The Bertz CT molecular complexity index is 319. The lowest BCUT2D eigenvalue weighted by molar-refractivity contribution is -0.138. The van der Waals surface area contributed by atoms with E-state index >= 15 is 0 Å². The molecule has 4 N–H and O–H groups in total. The van der Waals surface area contributed by atoms with Crippen LogP contribution in [0.2, 0.25) is 0 Å². The average Bonchev–Trinajstić information content (AvgIpc) is 2.12. The van der Waals surface area contributed by atoms with Crippen molar-refractivity contribution in [3.8, 4) is 0 Å². The van der Waals surface area contributed by atoms with Crippen molar-refractivity contribution in [2.45, 2.75) is 71.9 Å². The average molecular weight is 272 g/mol. The molecule has 0 aliphatic heterocycles. The number of carbonyl (C=O) groups is 2. The summed E-state index contributed by atoms with van der Waals surface area (Å²) in [7, 11) is 0. The number of aliphatic carboxylic acids is 1. The standard InChI is InChI=1S/C14H28N2O3/c1-6-7-14(5,15)12(19)16-10(8-11(17)18)9-13(2,3)4/h10H,6-9,15H2,1-5H3,(H,16,19)(H,17,18). The number of nitrogens with one attached hydrogen (secondary N) is 1. The number of amides is 1. The van der Waals surface area contributed by atoms with Gasteiger partial charge in [0.05, 0.1) is 12.0 Å². The molecule has 2 atom stereocenters. The van der Waals surface area contributed by atoms with Crippen LogP contribution in [0.1, 0.15) is 60.3 Å². The van der Waals surface area contributed by atoms with E-state index in [1.165, 1.54) is 0 Å². The largest absolute Gasteiger partial charge is 0.481 e. The molecule has 0 aromatic rings. The maximum atomic E-state index is 12.1. The molecule has 0 aromatic heterocycles. The quantitative estimate of drug-likeness (QED) is 0.660. The van der Waals surface area contributed by atoms with E-state index in [0.717, 1.165) is 6.42 Å². The molecule has 0 saturated carbocycles. The second kappa shape index (κ2) is 6.89. The van der Waals surface area contributed by atoms with Gasteiger partial charge < -0.3 is 16.2 Å². The van der Waals surface area contributed by atoms with Gasteiger partial charge in [-0.05, 0) is 25.2 Å². The normalized spacial score (nSPS) is 16.5. The van der Waals surface area contributed by atoms with Gasteiger partial charge in [0.15, 0.2) is 0 Å². The van der Waals surface area contributed by atoms with E-state index in [0.29, 0.717) is 12.8 Å². The first-order chi connectivity index (χ1) is 8.48. The summed E-state index contributed by atoms with van der Waals surface area (Å²) in [5, 5.41) is 11.7. The zero-order valence-corrected chi connectivity index (χ0v) is 12.7. The van der Waals surface area contributed by atoms with Crippen molar-refractivity contribution < 1.29 is 14.7 Å². The summed E-state index contributed by atoms with van der Waals surface area (Å²) in [5.74, 6) is -1.19. The van der Waals surface area contributed by atoms with Crippen LogP contribution in [0.3, 0.4) is 0 Å². The van der Waals surface area contributed by atoms with Gasteiger partial charge in [-0.2, -0.15) is 0 Å². The van der Waals surface area contributed by atoms with Crippen molar-refractivity contribution in [3.05, 3.63) is 0 Å². The number of hydrogen-bond donors (Lipinski definition) is 3. The van der Waals surface area contributed by atoms with Crippen LogP contribution in [0.4, 0.5) is 0 Å². The molecule has 0 rings (SSSR count). The maximum absolute atomic E-state index is 12.1. The first-order valence-electron chi connectivity index (χ1n) is 6.79. The van der Waals surface area contributed by atoms with Crippen LogP contribution < -0.4 is 11.1 Å². The Kier molecular flexibility index (Phi) is 6.49. The summed E-state index contributed by atoms with van der Waals surface area (Å²) in [4.78, 5) is 23.0. The van der Waals surface area contributed by atoms with E-state index in [9.17, 15) is 9.59 Å². The van der Waals surface area contributed by atoms with Gasteiger partial charge in [0.2, 0.25) is 5.91 Å². The Labute approximate surface area is 115 Å². The molecular weight excluding hydrogens is 244 g/mol. The summed E-state index contributed by atoms with van der Waals surface area (Å²) >= 11 is 0. The Hall–Kier alpha value is -1.10. The molecule has 1 amide bonds. The molecule has 0 aliphatic rings. The maximum Gasteiger partial charge on any atom is 0.305 e. The Morgan fingerprint density at radius 1 is 1.26 bits per heavy atom. The van der Waals surface area contributed by atoms with Crippen LogP contribution in [0, 0.1) is 5.41 Å². The minimum atomic E-state index is -0.941. The van der Waals surface area contributed by atoms with Gasteiger partial charge in [0.1, 0.15) is 0 Å². The van der Waals surface area contributed by atoms with Gasteiger partial charge in [-0.25, -0.2) is 0 Å². The summed E-state index contributed by atoms with van der Waals surface area (Å²) in [6.45, 7) is 9.69. The zero-order valence-electron chi connectivity index (χ0n) is 12.7. The highest BCUT2D eigenvalue weighted by molar-refractivity contribution is 5.86. The minimum absolute atomic E-state index is 0.0524. The second-order valence-electron chi connectivity index (χ2n) is 6.70. The third kappa shape index (κ3) is 7.82. The highest BCUT2D eigenvalue weighted by Gasteiger charge is 2.31. The highest BCUT2D eigenvalue weighted by atomic mass is 16.4. The summed E-state index contributed by atoms with van der Waals surface area (Å²) in [6, 6.07) is -0.385. The lowest BCUT2D eigenvalue weighted by Crippen LogP contribution is -2.54. The Morgan fingerprint density at radius 2 is 1.79 bits per heavy atom. The predicted molar refractivity (Wildman–Crippen MR) is 75.8 cm³/mol. The van der Waals surface area contributed by atoms with E-state index in [1.54, 1.807) is 6.92 Å². The van der Waals surface area contributed by atoms with Crippen molar-refractivity contribution in [2.24, 2.45) is 11.1 Å². The van der Waals surface area contributed by atoms with Gasteiger partial charge in [-0.1, -0.05) is 34.1 Å². The smallest absolute Gasteiger partial charge is 0.305 e. The summed E-state index contributed by atoms with van der Waals surface area (Å²) in [6.07, 6.45) is 1.91. The van der Waals surface area contributed by atoms with Crippen LogP contribution in [-0.4, -0.2) is 28.6 Å². The van der Waals surface area contributed by atoms with E-state index in [1.807, 2.05) is 27.7 Å². The third-order valence-corrected chi connectivity index (χ3v) is 2.90. The lowest BCUT2D eigenvalue weighted by atomic mass is 9.86. The molecule has 0 aromatic carbocycles. The topological polar surface area (TPSA) is 92.4 Å². The van der Waals surface area contributed by atoms with Crippen LogP contribution in [0.15, 0.2) is 0 Å². The number of rotatable bonds is 7. The van der Waals surface area contributed by atoms with Crippen LogP contribution >= 0.6 is 0 Å². The van der Waals surface area contributed by atoms with Crippen LogP contribution in [0.25, 0.3) is 0 Å². The molecule has 0 bridgehead atoms. The number of hydrogen-bond acceptors (Lipinski definition) is 3. The van der Waals surface area contributed by atoms with E-state index in [-0.39, 0.29) is 23.8 Å². The van der Waals surface area contributed by atoms with Gasteiger partial charge in [-0.15, -0.1) is 0 Å². The molecular formula is C14H28N2O3. The molecule has 0 spiro atoms. The SMILES string of the molecule is CCCC(C)(N)C(=O)NC(CC(=O)O)CC(C)(C)C. The first-order valence-corrected chi connectivity index (χ1v) is 6.79. The van der Waals surface area contributed by atoms with Crippen molar-refractivity contribution in [1.29, 1.82) is 0 Å². The molecule has 112 valence electrons. The highest BCUT2D eigenvalue weighted by Crippen LogP contribution is 2.22. The van der Waals surface area contributed by atoms with Gasteiger partial charge in [-0.3, -0.25) is 9.59 Å². The number of carboxylic acids is 1. The monoisotopic (exact) mass is 272 g/mol. The minimum Gasteiger partial charge on any atom is -0.481 e. The van der Waals surface area contributed by atoms with E-state index in [4.69, 9.17) is 10.8 Å². The molecule has 0 aliphatic carbocycles. The molecule has 0 saturated heterocycles.